The Kier molecular flexibility index (Phi) is 3.37. The maximum Gasteiger partial charge on any atom is 0.120 e. The highest BCUT2D eigenvalue weighted by atomic mass is 32.1. The van der Waals surface area contributed by atoms with Gasteiger partial charge in [-0.05, 0) is 60.9 Å². The van der Waals surface area contributed by atoms with Gasteiger partial charge in [-0.2, -0.15) is 0 Å². The third kappa shape index (κ3) is 2.30. The smallest absolute Gasteiger partial charge is 0.120 e. The Hall–Kier alpha value is -1.28. The first-order chi connectivity index (χ1) is 8.86. The van der Waals surface area contributed by atoms with Crippen LogP contribution in [0.25, 0.3) is 15.7 Å². The van der Waals surface area contributed by atoms with Gasteiger partial charge in [-0.3, -0.25) is 0 Å². The second kappa shape index (κ2) is 5.15. The first-order valence-electron chi connectivity index (χ1n) is 6.64. The van der Waals surface area contributed by atoms with Crippen LogP contribution in [0.2, 0.25) is 0 Å². The Morgan fingerprint density at radius 2 is 2.06 bits per heavy atom. The van der Waals surface area contributed by atoms with E-state index in [9.17, 15) is 0 Å². The highest BCUT2D eigenvalue weighted by Crippen LogP contribution is 2.36. The maximum atomic E-state index is 5.29. The number of methoxy groups -OCH3 is 1. The lowest BCUT2D eigenvalue weighted by Crippen LogP contribution is -1.79. The van der Waals surface area contributed by atoms with Crippen LogP contribution in [0.3, 0.4) is 0 Å². The molecule has 2 heteroatoms. The zero-order chi connectivity index (χ0) is 12.4. The van der Waals surface area contributed by atoms with Gasteiger partial charge in [0.05, 0.1) is 7.11 Å². The minimum atomic E-state index is 0.950. The monoisotopic (exact) mass is 258 g/mol. The molecule has 94 valence electrons. The summed E-state index contributed by atoms with van der Waals surface area (Å²) in [5.41, 5.74) is 1.55. The van der Waals surface area contributed by atoms with Gasteiger partial charge in [-0.15, -0.1) is 11.3 Å². The van der Waals surface area contributed by atoms with Crippen LogP contribution in [-0.2, 0) is 0 Å². The standard InChI is InChI=1S/C16H18OS/c1-17-14-9-8-13-10-15(18-16(13)11-14)12-6-4-2-3-5-7-12/h6,8-11H,2-5,7H2,1H3. The van der Waals surface area contributed by atoms with Crippen molar-refractivity contribution in [2.45, 2.75) is 32.1 Å². The minimum absolute atomic E-state index is 0.950. The summed E-state index contributed by atoms with van der Waals surface area (Å²) in [6, 6.07) is 8.67. The molecular weight excluding hydrogens is 240 g/mol. The predicted octanol–water partition coefficient (Wildman–Crippen LogP) is 5.26. The Balaban J connectivity index is 1.99. The highest BCUT2D eigenvalue weighted by molar-refractivity contribution is 7.20. The lowest BCUT2D eigenvalue weighted by Gasteiger charge is -2.00. The lowest BCUT2D eigenvalue weighted by atomic mass is 10.1. The second-order valence-electron chi connectivity index (χ2n) is 4.84. The molecule has 1 heterocycles. The van der Waals surface area contributed by atoms with Crippen molar-refractivity contribution in [3.8, 4) is 5.75 Å². The third-order valence-corrected chi connectivity index (χ3v) is 4.76. The van der Waals surface area contributed by atoms with Crippen molar-refractivity contribution in [3.05, 3.63) is 35.2 Å². The molecule has 0 amide bonds. The topological polar surface area (TPSA) is 9.23 Å². The predicted molar refractivity (Wildman–Crippen MR) is 79.4 cm³/mol. The van der Waals surface area contributed by atoms with Gasteiger partial charge in [0.25, 0.3) is 0 Å². The van der Waals surface area contributed by atoms with E-state index in [2.05, 4.69) is 24.3 Å². The third-order valence-electron chi connectivity index (χ3n) is 3.58. The van der Waals surface area contributed by atoms with Crippen molar-refractivity contribution in [2.24, 2.45) is 0 Å². The van der Waals surface area contributed by atoms with Crippen molar-refractivity contribution in [1.82, 2.24) is 0 Å². The largest absolute Gasteiger partial charge is 0.497 e. The van der Waals surface area contributed by atoms with Gasteiger partial charge in [0.15, 0.2) is 0 Å². The maximum absolute atomic E-state index is 5.29. The van der Waals surface area contributed by atoms with E-state index in [1.807, 2.05) is 17.4 Å². The van der Waals surface area contributed by atoms with E-state index in [1.165, 1.54) is 47.1 Å². The van der Waals surface area contributed by atoms with Crippen molar-refractivity contribution in [3.63, 3.8) is 0 Å². The molecule has 0 atom stereocenters. The second-order valence-corrected chi connectivity index (χ2v) is 5.93. The van der Waals surface area contributed by atoms with E-state index in [1.54, 1.807) is 12.7 Å². The van der Waals surface area contributed by atoms with Crippen LogP contribution < -0.4 is 4.74 Å². The molecule has 0 radical (unpaired) electrons. The van der Waals surface area contributed by atoms with Crippen LogP contribution in [0.4, 0.5) is 0 Å². The van der Waals surface area contributed by atoms with Gasteiger partial charge >= 0.3 is 0 Å². The summed E-state index contributed by atoms with van der Waals surface area (Å²) in [5, 5.41) is 1.33. The quantitative estimate of drug-likeness (QED) is 0.714. The molecule has 0 fully saturated rings. The summed E-state index contributed by atoms with van der Waals surface area (Å²) < 4.78 is 6.62. The summed E-state index contributed by atoms with van der Waals surface area (Å²) >= 11 is 1.89. The Morgan fingerprint density at radius 1 is 1.11 bits per heavy atom. The van der Waals surface area contributed by atoms with Crippen molar-refractivity contribution in [1.29, 1.82) is 0 Å². The van der Waals surface area contributed by atoms with Gasteiger partial charge in [0.1, 0.15) is 5.75 Å². The van der Waals surface area contributed by atoms with Gasteiger partial charge in [-0.25, -0.2) is 0 Å². The molecule has 2 aromatic rings. The number of fused-ring (bicyclic) bond motifs is 1. The first kappa shape index (κ1) is 11.8. The van der Waals surface area contributed by atoms with Crippen molar-refractivity contribution >= 4 is 27.0 Å². The Morgan fingerprint density at radius 3 is 2.94 bits per heavy atom. The summed E-state index contributed by atoms with van der Waals surface area (Å²) in [7, 11) is 1.73. The zero-order valence-corrected chi connectivity index (χ0v) is 11.6. The fraction of sp³-hybridized carbons (Fsp3) is 0.375. The number of benzene rings is 1. The van der Waals surface area contributed by atoms with E-state index < -0.39 is 0 Å². The van der Waals surface area contributed by atoms with Crippen LogP contribution in [-0.4, -0.2) is 7.11 Å². The molecular formula is C16H18OS. The van der Waals surface area contributed by atoms with Crippen LogP contribution in [0.1, 0.15) is 37.0 Å². The van der Waals surface area contributed by atoms with E-state index in [-0.39, 0.29) is 0 Å². The molecule has 0 unspecified atom stereocenters. The van der Waals surface area contributed by atoms with Crippen molar-refractivity contribution in [2.75, 3.05) is 7.11 Å². The van der Waals surface area contributed by atoms with E-state index >= 15 is 0 Å². The summed E-state index contributed by atoms with van der Waals surface area (Å²) in [4.78, 5) is 1.44. The number of allylic oxidation sites excluding steroid dienone is 2. The lowest BCUT2D eigenvalue weighted by molar-refractivity contribution is 0.415. The molecule has 0 bridgehead atoms. The summed E-state index contributed by atoms with van der Waals surface area (Å²) in [6.45, 7) is 0. The molecule has 0 aliphatic heterocycles. The molecule has 1 aliphatic rings. The van der Waals surface area contributed by atoms with Gasteiger partial charge in [0, 0.05) is 9.58 Å². The number of thiophene rings is 1. The molecule has 1 aromatic heterocycles. The SMILES string of the molecule is COc1ccc2cc(C3=CCCCCC3)sc2c1. The molecule has 1 aliphatic carbocycles. The minimum Gasteiger partial charge on any atom is -0.497 e. The van der Waals surface area contributed by atoms with Crippen LogP contribution in [0.15, 0.2) is 30.3 Å². The normalized spacial score (nSPS) is 16.4. The van der Waals surface area contributed by atoms with Crippen LogP contribution in [0, 0.1) is 0 Å². The van der Waals surface area contributed by atoms with Gasteiger partial charge in [-0.1, -0.05) is 12.5 Å². The fourth-order valence-corrected chi connectivity index (χ4v) is 3.69. The van der Waals surface area contributed by atoms with Gasteiger partial charge in [0.2, 0.25) is 0 Å². The molecule has 18 heavy (non-hydrogen) atoms. The molecule has 1 nitrogen and oxygen atoms in total. The van der Waals surface area contributed by atoms with Gasteiger partial charge < -0.3 is 4.74 Å². The molecule has 0 N–H and O–H groups in total. The van der Waals surface area contributed by atoms with Crippen LogP contribution in [0.5, 0.6) is 5.75 Å². The number of hydrogen-bond donors (Lipinski definition) is 0. The first-order valence-corrected chi connectivity index (χ1v) is 7.45. The fourth-order valence-electron chi connectivity index (χ4n) is 2.54. The Bertz CT molecular complexity index is 580. The van der Waals surface area contributed by atoms with E-state index in [0.29, 0.717) is 0 Å². The number of hydrogen-bond acceptors (Lipinski definition) is 2. The highest BCUT2D eigenvalue weighted by Gasteiger charge is 2.09. The van der Waals surface area contributed by atoms with E-state index in [0.717, 1.165) is 5.75 Å². The average molecular weight is 258 g/mol. The average Bonchev–Trinajstić information content (AvgIpc) is 2.63. The summed E-state index contributed by atoms with van der Waals surface area (Å²) in [5.74, 6) is 0.950. The molecule has 0 saturated carbocycles. The molecule has 1 aromatic carbocycles. The summed E-state index contributed by atoms with van der Waals surface area (Å²) in [6.07, 6.45) is 8.98. The molecule has 3 rings (SSSR count). The molecule has 0 saturated heterocycles. The van der Waals surface area contributed by atoms with Crippen molar-refractivity contribution < 1.29 is 4.74 Å². The zero-order valence-electron chi connectivity index (χ0n) is 10.7. The molecule has 0 spiro atoms. The van der Waals surface area contributed by atoms with Crippen LogP contribution >= 0.6 is 11.3 Å². The number of ether oxygens (including phenoxy) is 1. The Labute approximate surface area is 112 Å². The number of rotatable bonds is 2. The van der Waals surface area contributed by atoms with E-state index in [4.69, 9.17) is 4.74 Å².